The number of benzene rings is 1. The standard InChI is InChI=1S/C18H27N3/c1-6-18(3,4)21(5)17-16-11-9-8-10-14(16)12-15(20-17)13-19-7-2/h8-12,19H,6-7,13H2,1-5H3. The molecule has 0 saturated carbocycles. The molecule has 1 aromatic carbocycles. The molecule has 0 spiro atoms. The maximum absolute atomic E-state index is 4.92. The van der Waals surface area contributed by atoms with E-state index in [0.29, 0.717) is 0 Å². The van der Waals surface area contributed by atoms with Crippen LogP contribution in [0.15, 0.2) is 30.3 Å². The molecule has 2 rings (SSSR count). The van der Waals surface area contributed by atoms with Gasteiger partial charge in [-0.1, -0.05) is 38.1 Å². The molecule has 0 unspecified atom stereocenters. The van der Waals surface area contributed by atoms with Gasteiger partial charge >= 0.3 is 0 Å². The zero-order valence-corrected chi connectivity index (χ0v) is 13.9. The molecule has 114 valence electrons. The van der Waals surface area contributed by atoms with E-state index in [1.54, 1.807) is 0 Å². The van der Waals surface area contributed by atoms with Gasteiger partial charge in [-0.2, -0.15) is 0 Å². The predicted molar refractivity (Wildman–Crippen MR) is 91.9 cm³/mol. The van der Waals surface area contributed by atoms with E-state index in [4.69, 9.17) is 4.98 Å². The Balaban J connectivity index is 2.54. The number of nitrogens with one attached hydrogen (secondary N) is 1. The zero-order valence-electron chi connectivity index (χ0n) is 13.9. The van der Waals surface area contributed by atoms with Crippen molar-refractivity contribution in [2.45, 2.75) is 46.2 Å². The van der Waals surface area contributed by atoms with E-state index >= 15 is 0 Å². The normalized spacial score (nSPS) is 11.9. The topological polar surface area (TPSA) is 28.2 Å². The summed E-state index contributed by atoms with van der Waals surface area (Å²) in [4.78, 5) is 7.23. The molecular formula is C18H27N3. The molecule has 0 radical (unpaired) electrons. The van der Waals surface area contributed by atoms with Crippen molar-refractivity contribution < 1.29 is 0 Å². The number of hydrogen-bond acceptors (Lipinski definition) is 3. The van der Waals surface area contributed by atoms with Gasteiger partial charge in [0.1, 0.15) is 5.82 Å². The summed E-state index contributed by atoms with van der Waals surface area (Å²) in [5.41, 5.74) is 1.19. The molecule has 3 nitrogen and oxygen atoms in total. The summed E-state index contributed by atoms with van der Waals surface area (Å²) < 4.78 is 0. The van der Waals surface area contributed by atoms with Gasteiger partial charge in [-0.25, -0.2) is 4.98 Å². The Morgan fingerprint density at radius 1 is 1.19 bits per heavy atom. The summed E-state index contributed by atoms with van der Waals surface area (Å²) in [6.45, 7) is 10.6. The average molecular weight is 285 g/mol. The average Bonchev–Trinajstić information content (AvgIpc) is 2.51. The summed E-state index contributed by atoms with van der Waals surface area (Å²) in [7, 11) is 2.15. The highest BCUT2D eigenvalue weighted by Gasteiger charge is 2.24. The SMILES string of the molecule is CCNCc1cc2ccccc2c(N(C)C(C)(C)CC)n1. The van der Waals surface area contributed by atoms with Crippen molar-refractivity contribution in [2.75, 3.05) is 18.5 Å². The first-order valence-electron chi connectivity index (χ1n) is 7.82. The third-order valence-electron chi connectivity index (χ3n) is 4.42. The zero-order chi connectivity index (χ0) is 15.5. The Hall–Kier alpha value is -1.61. The van der Waals surface area contributed by atoms with Crippen LogP contribution in [0.1, 0.15) is 39.8 Å². The molecule has 0 amide bonds. The van der Waals surface area contributed by atoms with Gasteiger partial charge in [0.15, 0.2) is 0 Å². The number of fused-ring (bicyclic) bond motifs is 1. The molecule has 0 aliphatic carbocycles. The van der Waals surface area contributed by atoms with E-state index in [1.807, 2.05) is 0 Å². The summed E-state index contributed by atoms with van der Waals surface area (Å²) in [5, 5.41) is 5.85. The fourth-order valence-electron chi connectivity index (χ4n) is 2.36. The molecule has 21 heavy (non-hydrogen) atoms. The first kappa shape index (κ1) is 15.8. The van der Waals surface area contributed by atoms with Crippen LogP contribution < -0.4 is 10.2 Å². The Bertz CT molecular complexity index is 604. The van der Waals surface area contributed by atoms with Crippen LogP contribution in [-0.4, -0.2) is 24.1 Å². The molecule has 0 atom stereocenters. The van der Waals surface area contributed by atoms with Crippen molar-refractivity contribution in [1.82, 2.24) is 10.3 Å². The Labute approximate surface area is 128 Å². The molecule has 1 heterocycles. The molecule has 0 saturated heterocycles. The second kappa shape index (κ2) is 6.44. The van der Waals surface area contributed by atoms with Gasteiger partial charge in [-0.3, -0.25) is 0 Å². The van der Waals surface area contributed by atoms with Crippen LogP contribution in [0.3, 0.4) is 0 Å². The van der Waals surface area contributed by atoms with Gasteiger partial charge < -0.3 is 10.2 Å². The minimum Gasteiger partial charge on any atom is -0.354 e. The van der Waals surface area contributed by atoms with E-state index in [0.717, 1.165) is 31.0 Å². The lowest BCUT2D eigenvalue weighted by Crippen LogP contribution is -2.41. The van der Waals surface area contributed by atoms with Crippen molar-refractivity contribution in [3.8, 4) is 0 Å². The molecule has 1 N–H and O–H groups in total. The maximum Gasteiger partial charge on any atom is 0.136 e. The molecule has 0 fully saturated rings. The van der Waals surface area contributed by atoms with E-state index in [9.17, 15) is 0 Å². The van der Waals surface area contributed by atoms with Gasteiger partial charge in [0.25, 0.3) is 0 Å². The van der Waals surface area contributed by atoms with E-state index in [-0.39, 0.29) is 5.54 Å². The van der Waals surface area contributed by atoms with Crippen LogP contribution in [-0.2, 0) is 6.54 Å². The van der Waals surface area contributed by atoms with Crippen LogP contribution >= 0.6 is 0 Å². The number of anilines is 1. The minimum absolute atomic E-state index is 0.0899. The summed E-state index contributed by atoms with van der Waals surface area (Å²) in [6, 6.07) is 10.7. The minimum atomic E-state index is 0.0899. The summed E-state index contributed by atoms with van der Waals surface area (Å²) in [6.07, 6.45) is 1.08. The first-order chi connectivity index (χ1) is 9.99. The maximum atomic E-state index is 4.92. The highest BCUT2D eigenvalue weighted by molar-refractivity contribution is 5.92. The Morgan fingerprint density at radius 2 is 1.90 bits per heavy atom. The van der Waals surface area contributed by atoms with Gasteiger partial charge in [0.2, 0.25) is 0 Å². The fraction of sp³-hybridized carbons (Fsp3) is 0.500. The highest BCUT2D eigenvalue weighted by atomic mass is 15.2. The number of hydrogen-bond donors (Lipinski definition) is 1. The van der Waals surface area contributed by atoms with Crippen LogP contribution in [0.25, 0.3) is 10.8 Å². The van der Waals surface area contributed by atoms with Crippen LogP contribution in [0.2, 0.25) is 0 Å². The summed E-state index contributed by atoms with van der Waals surface area (Å²) >= 11 is 0. The molecular weight excluding hydrogens is 258 g/mol. The van der Waals surface area contributed by atoms with Crippen molar-refractivity contribution in [3.05, 3.63) is 36.0 Å². The molecule has 0 aliphatic heterocycles. The predicted octanol–water partition coefficient (Wildman–Crippen LogP) is 3.97. The lowest BCUT2D eigenvalue weighted by atomic mass is 9.99. The molecule has 0 bridgehead atoms. The fourth-order valence-corrected chi connectivity index (χ4v) is 2.36. The van der Waals surface area contributed by atoms with Crippen LogP contribution in [0, 0.1) is 0 Å². The molecule has 3 heteroatoms. The third-order valence-corrected chi connectivity index (χ3v) is 4.42. The molecule has 2 aromatic rings. The van der Waals surface area contributed by atoms with Crippen molar-refractivity contribution in [3.63, 3.8) is 0 Å². The van der Waals surface area contributed by atoms with Gasteiger partial charge in [-0.15, -0.1) is 0 Å². The van der Waals surface area contributed by atoms with Crippen LogP contribution in [0.5, 0.6) is 0 Å². The van der Waals surface area contributed by atoms with Gasteiger partial charge in [-0.05, 0) is 38.3 Å². The van der Waals surface area contributed by atoms with E-state index in [2.05, 4.69) is 75.3 Å². The largest absolute Gasteiger partial charge is 0.354 e. The smallest absolute Gasteiger partial charge is 0.136 e. The quantitative estimate of drug-likeness (QED) is 0.870. The lowest BCUT2D eigenvalue weighted by molar-refractivity contribution is 0.468. The Morgan fingerprint density at radius 3 is 2.57 bits per heavy atom. The van der Waals surface area contributed by atoms with E-state index in [1.165, 1.54) is 10.8 Å². The van der Waals surface area contributed by atoms with Gasteiger partial charge in [0, 0.05) is 24.5 Å². The number of pyridine rings is 1. The first-order valence-corrected chi connectivity index (χ1v) is 7.82. The monoisotopic (exact) mass is 285 g/mol. The second-order valence-electron chi connectivity index (χ2n) is 6.16. The van der Waals surface area contributed by atoms with Crippen molar-refractivity contribution in [2.24, 2.45) is 0 Å². The Kier molecular flexibility index (Phi) is 4.84. The van der Waals surface area contributed by atoms with Crippen LogP contribution in [0.4, 0.5) is 5.82 Å². The van der Waals surface area contributed by atoms with Gasteiger partial charge in [0.05, 0.1) is 5.69 Å². The number of nitrogens with zero attached hydrogens (tertiary/aromatic N) is 2. The number of aromatic nitrogens is 1. The third kappa shape index (κ3) is 3.35. The van der Waals surface area contributed by atoms with Crippen molar-refractivity contribution in [1.29, 1.82) is 0 Å². The van der Waals surface area contributed by atoms with E-state index < -0.39 is 0 Å². The molecule has 1 aromatic heterocycles. The number of rotatable bonds is 6. The summed E-state index contributed by atoms with van der Waals surface area (Å²) in [5.74, 6) is 1.08. The second-order valence-corrected chi connectivity index (χ2v) is 6.16. The lowest BCUT2D eigenvalue weighted by Gasteiger charge is -2.36. The molecule has 0 aliphatic rings. The highest BCUT2D eigenvalue weighted by Crippen LogP contribution is 2.30. The van der Waals surface area contributed by atoms with Crippen molar-refractivity contribution >= 4 is 16.6 Å².